The molecule has 0 aromatic heterocycles. The number of carbonyl (C=O) groups is 2. The van der Waals surface area contributed by atoms with Crippen LogP contribution in [0, 0.1) is 0 Å². The van der Waals surface area contributed by atoms with E-state index in [1.165, 1.54) is 0 Å². The Hall–Kier alpha value is -1.30. The van der Waals surface area contributed by atoms with E-state index in [9.17, 15) is 9.59 Å². The molecule has 0 spiro atoms. The summed E-state index contributed by atoms with van der Waals surface area (Å²) in [5, 5.41) is 11.3. The predicted octanol–water partition coefficient (Wildman–Crippen LogP) is 1.06. The second kappa shape index (κ2) is 7.20. The van der Waals surface area contributed by atoms with Crippen LogP contribution in [0.1, 0.15) is 33.1 Å². The second-order valence-corrected chi connectivity index (χ2v) is 4.61. The van der Waals surface area contributed by atoms with Crippen LogP contribution in [0.25, 0.3) is 0 Å². The number of urea groups is 1. The SMILES string of the molecule is CCOC1CCCN(C(=O)NC(C)CC(=O)O)C1. The highest BCUT2D eigenvalue weighted by Crippen LogP contribution is 2.13. The smallest absolute Gasteiger partial charge is 0.317 e. The van der Waals surface area contributed by atoms with Gasteiger partial charge < -0.3 is 20.1 Å². The van der Waals surface area contributed by atoms with E-state index in [0.717, 1.165) is 12.8 Å². The predicted molar refractivity (Wildman–Crippen MR) is 66.5 cm³/mol. The average molecular weight is 258 g/mol. The van der Waals surface area contributed by atoms with Gasteiger partial charge in [0.05, 0.1) is 12.5 Å². The van der Waals surface area contributed by atoms with E-state index < -0.39 is 5.97 Å². The topological polar surface area (TPSA) is 78.9 Å². The van der Waals surface area contributed by atoms with Crippen LogP contribution in [0.5, 0.6) is 0 Å². The summed E-state index contributed by atoms with van der Waals surface area (Å²) in [6.45, 7) is 5.56. The number of aliphatic carboxylic acids is 1. The number of carbonyl (C=O) groups excluding carboxylic acids is 1. The van der Waals surface area contributed by atoms with Crippen molar-refractivity contribution in [2.45, 2.75) is 45.3 Å². The molecule has 6 heteroatoms. The molecule has 0 aromatic rings. The van der Waals surface area contributed by atoms with Gasteiger partial charge in [-0.15, -0.1) is 0 Å². The number of hydrogen-bond donors (Lipinski definition) is 2. The van der Waals surface area contributed by atoms with Crippen LogP contribution in [-0.4, -0.2) is 53.8 Å². The zero-order valence-corrected chi connectivity index (χ0v) is 11.0. The highest BCUT2D eigenvalue weighted by molar-refractivity contribution is 5.76. The fourth-order valence-corrected chi connectivity index (χ4v) is 2.11. The molecule has 1 fully saturated rings. The number of piperidine rings is 1. The highest BCUT2D eigenvalue weighted by atomic mass is 16.5. The van der Waals surface area contributed by atoms with Crippen molar-refractivity contribution in [3.05, 3.63) is 0 Å². The molecule has 2 unspecified atom stereocenters. The van der Waals surface area contributed by atoms with Gasteiger partial charge in [0.1, 0.15) is 0 Å². The van der Waals surface area contributed by atoms with Crippen LogP contribution in [-0.2, 0) is 9.53 Å². The summed E-state index contributed by atoms with van der Waals surface area (Å²) in [7, 11) is 0. The van der Waals surface area contributed by atoms with Crippen LogP contribution < -0.4 is 5.32 Å². The second-order valence-electron chi connectivity index (χ2n) is 4.61. The first-order valence-corrected chi connectivity index (χ1v) is 6.41. The Labute approximate surface area is 107 Å². The van der Waals surface area contributed by atoms with Gasteiger partial charge in [0.15, 0.2) is 0 Å². The molecule has 0 bridgehead atoms. The van der Waals surface area contributed by atoms with Gasteiger partial charge in [0, 0.05) is 25.7 Å². The van der Waals surface area contributed by atoms with Crippen LogP contribution >= 0.6 is 0 Å². The normalized spacial score (nSPS) is 21.4. The molecule has 2 N–H and O–H groups in total. The summed E-state index contributed by atoms with van der Waals surface area (Å²) < 4.78 is 5.52. The van der Waals surface area contributed by atoms with Crippen LogP contribution in [0.15, 0.2) is 0 Å². The van der Waals surface area contributed by atoms with Crippen molar-refractivity contribution < 1.29 is 19.4 Å². The molecule has 0 radical (unpaired) electrons. The number of likely N-dealkylation sites (tertiary alicyclic amines) is 1. The molecule has 0 saturated carbocycles. The number of carboxylic acids is 1. The van der Waals surface area contributed by atoms with Gasteiger partial charge in [-0.25, -0.2) is 4.79 Å². The van der Waals surface area contributed by atoms with E-state index in [1.807, 2.05) is 6.92 Å². The Kier molecular flexibility index (Phi) is 5.91. The van der Waals surface area contributed by atoms with Crippen molar-refractivity contribution >= 4 is 12.0 Å². The molecule has 18 heavy (non-hydrogen) atoms. The summed E-state index contributed by atoms with van der Waals surface area (Å²) in [5.41, 5.74) is 0. The zero-order valence-electron chi connectivity index (χ0n) is 11.0. The summed E-state index contributed by atoms with van der Waals surface area (Å²) >= 11 is 0. The van der Waals surface area contributed by atoms with Gasteiger partial charge in [0.2, 0.25) is 0 Å². The third kappa shape index (κ3) is 4.91. The Balaban J connectivity index is 2.38. The minimum absolute atomic E-state index is 0.0610. The minimum Gasteiger partial charge on any atom is -0.481 e. The van der Waals surface area contributed by atoms with Gasteiger partial charge in [-0.3, -0.25) is 4.79 Å². The highest BCUT2D eigenvalue weighted by Gasteiger charge is 2.24. The van der Waals surface area contributed by atoms with Crippen LogP contribution in [0.4, 0.5) is 4.79 Å². The fourth-order valence-electron chi connectivity index (χ4n) is 2.11. The molecule has 6 nitrogen and oxygen atoms in total. The quantitative estimate of drug-likeness (QED) is 0.773. The first-order chi connectivity index (χ1) is 8.52. The molecule has 1 saturated heterocycles. The molecule has 1 rings (SSSR count). The molecule has 1 aliphatic rings. The van der Waals surface area contributed by atoms with Crippen LogP contribution in [0.2, 0.25) is 0 Å². The third-order valence-corrected chi connectivity index (χ3v) is 2.92. The molecule has 0 aliphatic carbocycles. The van der Waals surface area contributed by atoms with Crippen molar-refractivity contribution in [1.82, 2.24) is 10.2 Å². The first kappa shape index (κ1) is 14.8. The first-order valence-electron chi connectivity index (χ1n) is 6.41. The van der Waals surface area contributed by atoms with E-state index in [4.69, 9.17) is 9.84 Å². The molecular weight excluding hydrogens is 236 g/mol. The lowest BCUT2D eigenvalue weighted by Gasteiger charge is -2.33. The number of carboxylic acid groups (broad SMARTS) is 1. The van der Waals surface area contributed by atoms with Crippen molar-refractivity contribution in [3.63, 3.8) is 0 Å². The van der Waals surface area contributed by atoms with Crippen molar-refractivity contribution in [2.24, 2.45) is 0 Å². The average Bonchev–Trinajstić information content (AvgIpc) is 2.28. The molecule has 1 heterocycles. The van der Waals surface area contributed by atoms with Gasteiger partial charge >= 0.3 is 12.0 Å². The van der Waals surface area contributed by atoms with Crippen molar-refractivity contribution in [2.75, 3.05) is 19.7 Å². The van der Waals surface area contributed by atoms with Gasteiger partial charge in [-0.1, -0.05) is 0 Å². The maximum absolute atomic E-state index is 11.9. The molecule has 0 aromatic carbocycles. The Morgan fingerprint density at radius 1 is 1.56 bits per heavy atom. The zero-order chi connectivity index (χ0) is 13.5. The summed E-state index contributed by atoms with van der Waals surface area (Å²) in [5.74, 6) is -0.909. The van der Waals surface area contributed by atoms with Crippen molar-refractivity contribution in [1.29, 1.82) is 0 Å². The Morgan fingerprint density at radius 2 is 2.28 bits per heavy atom. The van der Waals surface area contributed by atoms with E-state index >= 15 is 0 Å². The van der Waals surface area contributed by atoms with E-state index in [2.05, 4.69) is 5.32 Å². The maximum Gasteiger partial charge on any atom is 0.317 e. The summed E-state index contributed by atoms with van der Waals surface area (Å²) in [6.07, 6.45) is 1.94. The van der Waals surface area contributed by atoms with Gasteiger partial charge in [-0.2, -0.15) is 0 Å². The van der Waals surface area contributed by atoms with Gasteiger partial charge in [0.25, 0.3) is 0 Å². The third-order valence-electron chi connectivity index (χ3n) is 2.92. The molecule has 1 aliphatic heterocycles. The minimum atomic E-state index is -0.909. The summed E-state index contributed by atoms with van der Waals surface area (Å²) in [4.78, 5) is 24.1. The van der Waals surface area contributed by atoms with Crippen LogP contribution in [0.3, 0.4) is 0 Å². The lowest BCUT2D eigenvalue weighted by atomic mass is 10.1. The van der Waals surface area contributed by atoms with E-state index in [1.54, 1.807) is 11.8 Å². The molecule has 2 atom stereocenters. The molecular formula is C12H22N2O4. The van der Waals surface area contributed by atoms with Gasteiger partial charge in [-0.05, 0) is 26.7 Å². The lowest BCUT2D eigenvalue weighted by Crippen LogP contribution is -2.50. The number of nitrogens with one attached hydrogen (secondary N) is 1. The number of nitrogens with zero attached hydrogens (tertiary/aromatic N) is 1. The van der Waals surface area contributed by atoms with E-state index in [-0.39, 0.29) is 24.6 Å². The Morgan fingerprint density at radius 3 is 2.89 bits per heavy atom. The fraction of sp³-hybridized carbons (Fsp3) is 0.833. The van der Waals surface area contributed by atoms with E-state index in [0.29, 0.717) is 19.7 Å². The number of hydrogen-bond acceptors (Lipinski definition) is 3. The van der Waals surface area contributed by atoms with Crippen molar-refractivity contribution in [3.8, 4) is 0 Å². The Bertz CT molecular complexity index is 294. The standard InChI is InChI=1S/C12H22N2O4/c1-3-18-10-5-4-6-14(8-10)12(17)13-9(2)7-11(15)16/h9-10H,3-8H2,1-2H3,(H,13,17)(H,15,16). The lowest BCUT2D eigenvalue weighted by molar-refractivity contribution is -0.137. The number of rotatable bonds is 5. The number of amides is 2. The maximum atomic E-state index is 11.9. The largest absolute Gasteiger partial charge is 0.481 e. The number of ether oxygens (including phenoxy) is 1. The molecule has 2 amide bonds. The molecule has 104 valence electrons. The summed E-state index contributed by atoms with van der Waals surface area (Å²) in [6, 6.07) is -0.560. The monoisotopic (exact) mass is 258 g/mol.